The van der Waals surface area contributed by atoms with Gasteiger partial charge in [0.25, 0.3) is 5.56 Å². The molecule has 0 unspecified atom stereocenters. The Labute approximate surface area is 238 Å². The molecule has 7 rings (SSSR count). The van der Waals surface area contributed by atoms with E-state index < -0.39 is 0 Å². The Morgan fingerprint density at radius 3 is 2.80 bits per heavy atom. The van der Waals surface area contributed by atoms with Crippen molar-refractivity contribution in [3.63, 3.8) is 0 Å². The van der Waals surface area contributed by atoms with Gasteiger partial charge < -0.3 is 30.1 Å². The summed E-state index contributed by atoms with van der Waals surface area (Å²) in [6, 6.07) is 12.0. The van der Waals surface area contributed by atoms with Gasteiger partial charge in [-0.2, -0.15) is 0 Å². The standard InChI is InChI=1S/C32H34N6O3/c1-36-17-26(35-31(32(36)41)34-22-10-9-21-16-33-12-11-20(21)15-22)23-6-4-8-27(25(23)19-39)37-13-14-38-28-7-3-2-5-24(28)30(40)29(38)18-37/h4,6,8-10,15,17-18,33,39H,2-3,5,7,11-14,16,19H2,1H3,(H,34,35). The van der Waals surface area contributed by atoms with Gasteiger partial charge in [-0.05, 0) is 68.0 Å². The number of rotatable bonds is 5. The third-order valence-electron chi connectivity index (χ3n) is 8.73. The third-order valence-corrected chi connectivity index (χ3v) is 8.73. The van der Waals surface area contributed by atoms with Crippen molar-refractivity contribution in [2.24, 2.45) is 7.05 Å². The van der Waals surface area contributed by atoms with Crippen LogP contribution in [0.4, 0.5) is 17.2 Å². The number of hydrogen-bond donors (Lipinski definition) is 3. The van der Waals surface area contributed by atoms with E-state index in [1.54, 1.807) is 13.2 Å². The lowest BCUT2D eigenvalue weighted by Gasteiger charge is -2.35. The first-order valence-corrected chi connectivity index (χ1v) is 14.4. The highest BCUT2D eigenvalue weighted by Crippen LogP contribution is 2.41. The normalized spacial score (nSPS) is 18.2. The molecule has 4 aliphatic rings. The van der Waals surface area contributed by atoms with Crippen molar-refractivity contribution >= 4 is 23.0 Å². The minimum Gasteiger partial charge on any atom is -0.392 e. The summed E-state index contributed by atoms with van der Waals surface area (Å²) < 4.78 is 1.52. The van der Waals surface area contributed by atoms with E-state index in [4.69, 9.17) is 4.98 Å². The van der Waals surface area contributed by atoms with Crippen LogP contribution in [0, 0.1) is 0 Å². The summed E-state index contributed by atoms with van der Waals surface area (Å²) in [5.74, 6) is 0.372. The third kappa shape index (κ3) is 4.45. The second kappa shape index (κ2) is 10.3. The molecule has 41 heavy (non-hydrogen) atoms. The molecule has 3 aromatic rings. The van der Waals surface area contributed by atoms with Crippen LogP contribution in [0.2, 0.25) is 0 Å². The second-order valence-corrected chi connectivity index (χ2v) is 11.2. The quantitative estimate of drug-likeness (QED) is 0.442. The molecule has 0 saturated carbocycles. The van der Waals surface area contributed by atoms with Crippen LogP contribution in [0.5, 0.6) is 0 Å². The van der Waals surface area contributed by atoms with E-state index in [1.807, 2.05) is 30.5 Å². The van der Waals surface area contributed by atoms with Crippen LogP contribution >= 0.6 is 0 Å². The second-order valence-electron chi connectivity index (χ2n) is 11.2. The van der Waals surface area contributed by atoms with Crippen LogP contribution in [-0.2, 0) is 31.4 Å². The molecule has 0 radical (unpaired) electrons. The fourth-order valence-electron chi connectivity index (χ4n) is 6.61. The number of allylic oxidation sites excluding steroid dienone is 2. The first-order chi connectivity index (χ1) is 20.0. The molecular formula is C32H34N6O3. The zero-order chi connectivity index (χ0) is 28.1. The van der Waals surface area contributed by atoms with E-state index in [9.17, 15) is 14.7 Å². The van der Waals surface area contributed by atoms with Crippen LogP contribution in [0.1, 0.15) is 42.4 Å². The van der Waals surface area contributed by atoms with E-state index in [1.165, 1.54) is 21.4 Å². The lowest BCUT2D eigenvalue weighted by molar-refractivity contribution is -0.112. The van der Waals surface area contributed by atoms with Crippen LogP contribution < -0.4 is 21.1 Å². The summed E-state index contributed by atoms with van der Waals surface area (Å²) in [6.45, 7) is 3.01. The molecule has 2 aromatic carbocycles. The molecule has 1 aliphatic carbocycles. The van der Waals surface area contributed by atoms with Crippen molar-refractivity contribution < 1.29 is 9.90 Å². The van der Waals surface area contributed by atoms with Gasteiger partial charge in [-0.25, -0.2) is 4.98 Å². The topological polar surface area (TPSA) is 103 Å². The average Bonchev–Trinajstić information content (AvgIpc) is 3.30. The summed E-state index contributed by atoms with van der Waals surface area (Å²) >= 11 is 0. The maximum absolute atomic E-state index is 13.2. The van der Waals surface area contributed by atoms with Gasteiger partial charge in [-0.1, -0.05) is 18.2 Å². The Morgan fingerprint density at radius 1 is 1.05 bits per heavy atom. The minimum atomic E-state index is -0.230. The first-order valence-electron chi connectivity index (χ1n) is 14.4. The van der Waals surface area contributed by atoms with Crippen molar-refractivity contribution in [3.05, 3.63) is 92.8 Å². The van der Waals surface area contributed by atoms with Gasteiger partial charge in [-0.15, -0.1) is 0 Å². The molecule has 9 nitrogen and oxygen atoms in total. The van der Waals surface area contributed by atoms with Crippen molar-refractivity contribution in [2.45, 2.75) is 45.3 Å². The molecule has 0 saturated heterocycles. The van der Waals surface area contributed by atoms with Crippen molar-refractivity contribution in [1.82, 2.24) is 19.8 Å². The number of aromatic nitrogens is 2. The number of carbonyl (C=O) groups is 1. The van der Waals surface area contributed by atoms with Crippen LogP contribution in [0.15, 0.2) is 70.6 Å². The van der Waals surface area contributed by atoms with E-state index in [-0.39, 0.29) is 23.8 Å². The van der Waals surface area contributed by atoms with Gasteiger partial charge in [0.05, 0.1) is 12.3 Å². The Morgan fingerprint density at radius 2 is 1.93 bits per heavy atom. The Hall–Kier alpha value is -4.21. The monoisotopic (exact) mass is 550 g/mol. The zero-order valence-corrected chi connectivity index (χ0v) is 23.2. The summed E-state index contributed by atoms with van der Waals surface area (Å²) in [7, 11) is 1.71. The van der Waals surface area contributed by atoms with Gasteiger partial charge in [0.2, 0.25) is 5.78 Å². The van der Waals surface area contributed by atoms with Gasteiger partial charge in [0.15, 0.2) is 5.82 Å². The molecule has 0 amide bonds. The van der Waals surface area contributed by atoms with Crippen molar-refractivity contribution in [2.75, 3.05) is 29.9 Å². The highest BCUT2D eigenvalue weighted by molar-refractivity contribution is 6.11. The molecule has 4 heterocycles. The summed E-state index contributed by atoms with van der Waals surface area (Å²) in [4.78, 5) is 35.3. The molecular weight excluding hydrogens is 516 g/mol. The molecule has 0 bridgehead atoms. The summed E-state index contributed by atoms with van der Waals surface area (Å²) in [5.41, 5.74) is 8.91. The summed E-state index contributed by atoms with van der Waals surface area (Å²) in [5, 5.41) is 17.2. The van der Waals surface area contributed by atoms with E-state index in [0.29, 0.717) is 17.8 Å². The number of anilines is 3. The largest absolute Gasteiger partial charge is 0.392 e. The molecule has 210 valence electrons. The molecule has 0 fully saturated rings. The number of carbonyl (C=O) groups excluding carboxylic acids is 1. The van der Waals surface area contributed by atoms with Gasteiger partial charge >= 0.3 is 0 Å². The van der Waals surface area contributed by atoms with E-state index >= 15 is 0 Å². The lowest BCUT2D eigenvalue weighted by Crippen LogP contribution is -2.37. The maximum atomic E-state index is 13.2. The van der Waals surface area contributed by atoms with Gasteiger partial charge in [0, 0.05) is 72.9 Å². The smallest absolute Gasteiger partial charge is 0.293 e. The Bertz CT molecular complexity index is 1690. The lowest BCUT2D eigenvalue weighted by atomic mass is 9.96. The zero-order valence-electron chi connectivity index (χ0n) is 23.2. The Balaban J connectivity index is 1.23. The number of benzene rings is 2. The fourth-order valence-corrected chi connectivity index (χ4v) is 6.61. The molecule has 1 aromatic heterocycles. The van der Waals surface area contributed by atoms with Gasteiger partial charge in [0.1, 0.15) is 5.70 Å². The highest BCUT2D eigenvalue weighted by Gasteiger charge is 2.38. The highest BCUT2D eigenvalue weighted by atomic mass is 16.3. The maximum Gasteiger partial charge on any atom is 0.293 e. The van der Waals surface area contributed by atoms with E-state index in [0.717, 1.165) is 79.9 Å². The van der Waals surface area contributed by atoms with E-state index in [2.05, 4.69) is 32.6 Å². The van der Waals surface area contributed by atoms with Crippen LogP contribution in [0.3, 0.4) is 0 Å². The molecule has 0 atom stereocenters. The predicted octanol–water partition coefficient (Wildman–Crippen LogP) is 3.70. The van der Waals surface area contributed by atoms with Crippen LogP contribution in [-0.4, -0.2) is 45.0 Å². The number of ketones is 1. The number of fused-ring (bicyclic) bond motifs is 3. The number of aliphatic hydroxyl groups excluding tert-OH is 1. The molecule has 3 aliphatic heterocycles. The molecule has 0 spiro atoms. The number of hydrogen-bond acceptors (Lipinski definition) is 8. The number of aliphatic hydroxyl groups is 1. The number of nitrogens with zero attached hydrogens (tertiary/aromatic N) is 4. The average molecular weight is 551 g/mol. The van der Waals surface area contributed by atoms with Crippen molar-refractivity contribution in [1.29, 1.82) is 0 Å². The van der Waals surface area contributed by atoms with Crippen LogP contribution in [0.25, 0.3) is 11.3 Å². The predicted molar refractivity (Wildman–Crippen MR) is 159 cm³/mol. The number of Topliss-reactive ketones (excluding diaryl/α,β-unsaturated/α-hetero) is 1. The summed E-state index contributed by atoms with van der Waals surface area (Å²) in [6.07, 6.45) is 8.61. The Kier molecular flexibility index (Phi) is 6.48. The first kappa shape index (κ1) is 25.7. The van der Waals surface area contributed by atoms with Crippen molar-refractivity contribution in [3.8, 4) is 11.3 Å². The number of aryl methyl sites for hydroxylation is 1. The molecule has 3 N–H and O–H groups in total. The molecule has 9 heteroatoms. The minimum absolute atomic E-state index is 0.139. The fraction of sp³-hybridized carbons (Fsp3) is 0.344. The van der Waals surface area contributed by atoms with Gasteiger partial charge in [-0.3, -0.25) is 9.59 Å². The number of nitrogens with one attached hydrogen (secondary N) is 2. The SMILES string of the molecule is Cn1cc(-c2cccc(N3C=C4C(=O)C5=C(CCCC5)N4CC3)c2CO)nc(Nc2ccc3c(c2)CCNC3)c1=O.